The van der Waals surface area contributed by atoms with Crippen molar-refractivity contribution >= 4 is 23.6 Å². The van der Waals surface area contributed by atoms with Gasteiger partial charge in [0.05, 0.1) is 0 Å². The van der Waals surface area contributed by atoms with Crippen molar-refractivity contribution in [2.24, 2.45) is 0 Å². The monoisotopic (exact) mass is 574 g/mol. The van der Waals surface area contributed by atoms with Gasteiger partial charge in [-0.2, -0.15) is 0 Å². The molecule has 0 amide bonds. The van der Waals surface area contributed by atoms with Gasteiger partial charge in [0.1, 0.15) is 0 Å². The molecular formula is C30H33Cl3SiTi. The van der Waals surface area contributed by atoms with Crippen LogP contribution in [0.4, 0.5) is 0 Å². The summed E-state index contributed by atoms with van der Waals surface area (Å²) in [6.07, 6.45) is 3.61. The van der Waals surface area contributed by atoms with Crippen molar-refractivity contribution in [3.8, 4) is 0 Å². The van der Waals surface area contributed by atoms with Crippen LogP contribution in [-0.2, 0) is 20.4 Å². The van der Waals surface area contributed by atoms with E-state index in [2.05, 4.69) is 130 Å². The van der Waals surface area contributed by atoms with Crippen LogP contribution in [0, 0.1) is 41.5 Å². The molecule has 0 bridgehead atoms. The molecule has 1 aliphatic rings. The average molecular weight is 576 g/mol. The molecule has 182 valence electrons. The number of allylic oxidation sites excluding steroid dienone is 4. The Morgan fingerprint density at radius 1 is 0.514 bits per heavy atom. The Labute approximate surface area is 243 Å². The van der Waals surface area contributed by atoms with Gasteiger partial charge in [-0.3, -0.25) is 0 Å². The Bertz CT molecular complexity index is 1100. The van der Waals surface area contributed by atoms with Gasteiger partial charge in [-0.15, -0.1) is 0 Å². The zero-order chi connectivity index (χ0) is 23.2. The molecule has 0 aromatic heterocycles. The third-order valence-electron chi connectivity index (χ3n) is 6.74. The van der Waals surface area contributed by atoms with E-state index in [9.17, 15) is 0 Å². The summed E-state index contributed by atoms with van der Waals surface area (Å²) in [6, 6.07) is 21.7. The molecule has 0 fully saturated rings. The second-order valence-corrected chi connectivity index (χ2v) is 14.5. The number of aryl methyl sites for hydroxylation is 6. The van der Waals surface area contributed by atoms with Gasteiger partial charge in [0.15, 0.2) is 0 Å². The minimum atomic E-state index is -2.48. The van der Waals surface area contributed by atoms with Crippen LogP contribution in [0.3, 0.4) is 0 Å². The minimum absolute atomic E-state index is 0. The maximum absolute atomic E-state index is 2.55. The molecule has 0 heterocycles. The molecule has 0 radical (unpaired) electrons. The Morgan fingerprint density at radius 2 is 0.800 bits per heavy atom. The molecule has 0 saturated heterocycles. The van der Waals surface area contributed by atoms with Gasteiger partial charge in [-0.1, -0.05) is 0 Å². The Kier molecular flexibility index (Phi) is 11.4. The van der Waals surface area contributed by atoms with E-state index in [1.54, 1.807) is 5.20 Å². The fraction of sp³-hybridized carbons (Fsp3) is 0.267. The van der Waals surface area contributed by atoms with E-state index < -0.39 is 8.07 Å². The van der Waals surface area contributed by atoms with E-state index in [1.165, 1.54) is 58.4 Å². The molecule has 0 N–H and O–H groups in total. The molecular weight excluding hydrogens is 543 g/mol. The van der Waals surface area contributed by atoms with Crippen molar-refractivity contribution in [3.05, 3.63) is 109 Å². The zero-order valence-electron chi connectivity index (χ0n) is 21.6. The van der Waals surface area contributed by atoms with Gasteiger partial charge in [0.25, 0.3) is 0 Å². The molecule has 4 rings (SSSR count). The molecule has 0 aliphatic heterocycles. The smallest absolute Gasteiger partial charge is 1.00 e. The number of rotatable bonds is 4. The van der Waals surface area contributed by atoms with Crippen LogP contribution in [0.25, 0.3) is 0 Å². The van der Waals surface area contributed by atoms with Gasteiger partial charge in [-0.05, 0) is 0 Å². The molecule has 0 atom stereocenters. The molecule has 0 nitrogen and oxygen atoms in total. The van der Waals surface area contributed by atoms with Crippen molar-refractivity contribution in [2.75, 3.05) is 0 Å². The summed E-state index contributed by atoms with van der Waals surface area (Å²) in [4.78, 5) is 0. The molecule has 0 unspecified atom stereocenters. The average Bonchev–Trinajstić information content (AvgIpc) is 3.00. The van der Waals surface area contributed by atoms with Crippen LogP contribution in [0.5, 0.6) is 0 Å². The van der Waals surface area contributed by atoms with Crippen molar-refractivity contribution in [2.45, 2.75) is 54.9 Å². The predicted octanol–water partition coefficient (Wildman–Crippen LogP) is -3.29. The van der Waals surface area contributed by atoms with E-state index >= 15 is 0 Å². The number of hydrogen-bond acceptors (Lipinski definition) is 0. The van der Waals surface area contributed by atoms with E-state index in [4.69, 9.17) is 0 Å². The van der Waals surface area contributed by atoms with Crippen LogP contribution in [0.1, 0.15) is 46.7 Å². The standard InChI is InChI=1S/C30H33Si.3ClH.Ti/c1-20-11-21(2)15-27(14-20)31(30-10-8-9-26(30)7,28-16-22(3)12-23(4)17-28)29-18-24(5)13-25(6)19-29;;;;/h10-19H,8H2,1-7H3;3*1H;/q;;;;+3/p-3. The molecule has 0 spiro atoms. The number of hydrogen-bond donors (Lipinski definition) is 0. The van der Waals surface area contributed by atoms with E-state index in [-0.39, 0.29) is 37.2 Å². The molecule has 3 aromatic rings. The first-order valence-corrected chi connectivity index (χ1v) is 14.3. The minimum Gasteiger partial charge on any atom is -1.00 e. The Hall–Kier alpha value is -1.06. The van der Waals surface area contributed by atoms with Crippen LogP contribution >= 0.6 is 0 Å². The molecule has 1 aliphatic carbocycles. The Balaban J connectivity index is 0.00000204. The van der Waals surface area contributed by atoms with Crippen molar-refractivity contribution in [3.63, 3.8) is 0 Å². The maximum atomic E-state index is 2.55. The second kappa shape index (κ2) is 12.5. The maximum Gasteiger partial charge on any atom is -1.00 e. The van der Waals surface area contributed by atoms with E-state index in [0.29, 0.717) is 0 Å². The zero-order valence-corrected chi connectivity index (χ0v) is 26.4. The predicted molar refractivity (Wildman–Crippen MR) is 138 cm³/mol. The van der Waals surface area contributed by atoms with Crippen molar-refractivity contribution in [1.29, 1.82) is 0 Å². The van der Waals surface area contributed by atoms with E-state index in [1.807, 2.05) is 0 Å². The largest absolute Gasteiger partial charge is 1.00 e. The van der Waals surface area contributed by atoms with Crippen LogP contribution < -0.4 is 52.8 Å². The first-order chi connectivity index (χ1) is 15.1. The van der Waals surface area contributed by atoms with Gasteiger partial charge >= 0.3 is 208 Å². The number of halogens is 3. The molecule has 35 heavy (non-hydrogen) atoms. The number of benzene rings is 3. The summed E-state index contributed by atoms with van der Waals surface area (Å²) in [7, 11) is -2.48. The first kappa shape index (κ1) is 32.0. The van der Waals surface area contributed by atoms with Gasteiger partial charge in [0, 0.05) is 0 Å². The molecule has 0 saturated carbocycles. The summed E-state index contributed by atoms with van der Waals surface area (Å²) in [6.45, 7) is 15.8. The summed E-state index contributed by atoms with van der Waals surface area (Å²) >= 11 is 2.31. The SMILES string of the molecule is CC1=[C]([Ti+3])CC=C1[Si](c1cc(C)cc(C)c1)(c1cc(C)cc(C)c1)c1cc(C)cc(C)c1.[Cl-].[Cl-].[Cl-]. The van der Waals surface area contributed by atoms with Crippen molar-refractivity contribution in [1.82, 2.24) is 0 Å². The van der Waals surface area contributed by atoms with Crippen LogP contribution in [-0.4, -0.2) is 8.07 Å². The normalized spacial score (nSPS) is 13.0. The van der Waals surface area contributed by atoms with E-state index in [0.717, 1.165) is 6.42 Å². The third-order valence-corrected chi connectivity index (χ3v) is 12.5. The van der Waals surface area contributed by atoms with Crippen LogP contribution in [0.15, 0.2) is 75.3 Å². The quantitative estimate of drug-likeness (QED) is 0.226. The van der Waals surface area contributed by atoms with Crippen molar-refractivity contribution < 1.29 is 57.7 Å². The second-order valence-electron chi connectivity index (χ2n) is 9.80. The summed E-state index contributed by atoms with van der Waals surface area (Å²) in [5, 5.41) is 6.09. The fourth-order valence-corrected chi connectivity index (χ4v) is 11.9. The fourth-order valence-electron chi connectivity index (χ4n) is 5.65. The summed E-state index contributed by atoms with van der Waals surface area (Å²) in [5.41, 5.74) is 9.59. The first-order valence-electron chi connectivity index (χ1n) is 11.5. The Morgan fingerprint density at radius 3 is 1.03 bits per heavy atom. The van der Waals surface area contributed by atoms with Crippen LogP contribution in [0.2, 0.25) is 0 Å². The summed E-state index contributed by atoms with van der Waals surface area (Å²) in [5.74, 6) is 0. The summed E-state index contributed by atoms with van der Waals surface area (Å²) < 4.78 is 1.51. The third kappa shape index (κ3) is 6.09. The van der Waals surface area contributed by atoms with Gasteiger partial charge in [-0.25, -0.2) is 0 Å². The topological polar surface area (TPSA) is 0 Å². The molecule has 5 heteroatoms. The molecule has 3 aromatic carbocycles. The van der Waals surface area contributed by atoms with Gasteiger partial charge in [0.2, 0.25) is 0 Å². The van der Waals surface area contributed by atoms with Gasteiger partial charge < -0.3 is 37.2 Å².